The van der Waals surface area contributed by atoms with E-state index in [1.165, 1.54) is 5.56 Å². The molecule has 1 aliphatic rings. The summed E-state index contributed by atoms with van der Waals surface area (Å²) < 4.78 is 0. The van der Waals surface area contributed by atoms with Crippen molar-refractivity contribution in [3.8, 4) is 12.3 Å². The van der Waals surface area contributed by atoms with Crippen LogP contribution in [0.5, 0.6) is 0 Å². The molecule has 2 atom stereocenters. The Balaban J connectivity index is 1.80. The molecule has 1 fully saturated rings. The van der Waals surface area contributed by atoms with E-state index >= 15 is 0 Å². The van der Waals surface area contributed by atoms with Crippen molar-refractivity contribution < 1.29 is 4.79 Å². The highest BCUT2D eigenvalue weighted by molar-refractivity contribution is 5.84. The van der Waals surface area contributed by atoms with Crippen LogP contribution in [-0.4, -0.2) is 5.78 Å². The Morgan fingerprint density at radius 3 is 2.73 bits per heavy atom. The van der Waals surface area contributed by atoms with E-state index < -0.39 is 0 Å². The highest BCUT2D eigenvalue weighted by atomic mass is 16.1. The molecule has 0 spiro atoms. The van der Waals surface area contributed by atoms with Crippen LogP contribution in [0.2, 0.25) is 0 Å². The SMILES string of the molecule is C#C[C@H]1C[C@H]1C(=O)CCc1ccccc1. The molecule has 0 unspecified atom stereocenters. The Labute approximate surface area is 90.5 Å². The summed E-state index contributed by atoms with van der Waals surface area (Å²) in [7, 11) is 0. The summed E-state index contributed by atoms with van der Waals surface area (Å²) in [5, 5.41) is 0. The molecule has 0 heterocycles. The average Bonchev–Trinajstić information content (AvgIpc) is 3.06. The van der Waals surface area contributed by atoms with Gasteiger partial charge in [0.2, 0.25) is 0 Å². The highest BCUT2D eigenvalue weighted by Crippen LogP contribution is 2.39. The quantitative estimate of drug-likeness (QED) is 0.679. The minimum absolute atomic E-state index is 0.165. The van der Waals surface area contributed by atoms with Crippen molar-refractivity contribution >= 4 is 5.78 Å². The van der Waals surface area contributed by atoms with Gasteiger partial charge in [-0.3, -0.25) is 4.79 Å². The van der Waals surface area contributed by atoms with Crippen LogP contribution in [0.4, 0.5) is 0 Å². The first kappa shape index (κ1) is 9.98. The number of Topliss-reactive ketones (excluding diaryl/α,β-unsaturated/α-hetero) is 1. The number of hydrogen-bond acceptors (Lipinski definition) is 1. The van der Waals surface area contributed by atoms with Crippen molar-refractivity contribution in [3.63, 3.8) is 0 Å². The molecule has 1 aliphatic carbocycles. The van der Waals surface area contributed by atoms with Crippen LogP contribution in [0, 0.1) is 24.2 Å². The number of terminal acetylenes is 1. The van der Waals surface area contributed by atoms with E-state index in [4.69, 9.17) is 6.42 Å². The number of carbonyl (C=O) groups excluding carboxylic acids is 1. The van der Waals surface area contributed by atoms with Crippen LogP contribution in [0.25, 0.3) is 0 Å². The highest BCUT2D eigenvalue weighted by Gasteiger charge is 2.40. The summed E-state index contributed by atoms with van der Waals surface area (Å²) in [4.78, 5) is 11.7. The lowest BCUT2D eigenvalue weighted by molar-refractivity contribution is -0.120. The van der Waals surface area contributed by atoms with E-state index in [1.54, 1.807) is 0 Å². The molecule has 1 saturated carbocycles. The number of rotatable bonds is 4. The van der Waals surface area contributed by atoms with E-state index in [1.807, 2.05) is 18.2 Å². The third-order valence-electron chi connectivity index (χ3n) is 2.92. The Bertz CT molecular complexity index is 386. The molecule has 0 aromatic heterocycles. The monoisotopic (exact) mass is 198 g/mol. The molecule has 1 aromatic rings. The smallest absolute Gasteiger partial charge is 0.137 e. The molecule has 76 valence electrons. The van der Waals surface area contributed by atoms with Gasteiger partial charge in [-0.25, -0.2) is 0 Å². The number of carbonyl (C=O) groups is 1. The van der Waals surface area contributed by atoms with E-state index in [-0.39, 0.29) is 11.8 Å². The molecule has 15 heavy (non-hydrogen) atoms. The first-order chi connectivity index (χ1) is 7.31. The van der Waals surface area contributed by atoms with Crippen molar-refractivity contribution in [3.05, 3.63) is 35.9 Å². The van der Waals surface area contributed by atoms with Gasteiger partial charge in [-0.2, -0.15) is 0 Å². The lowest BCUT2D eigenvalue weighted by Gasteiger charge is -1.99. The van der Waals surface area contributed by atoms with Crippen molar-refractivity contribution in [2.75, 3.05) is 0 Å². The van der Waals surface area contributed by atoms with E-state index in [0.29, 0.717) is 12.2 Å². The van der Waals surface area contributed by atoms with Crippen molar-refractivity contribution in [1.82, 2.24) is 0 Å². The van der Waals surface area contributed by atoms with Gasteiger partial charge < -0.3 is 0 Å². The Morgan fingerprint density at radius 1 is 1.40 bits per heavy atom. The molecular formula is C14H14O. The summed E-state index contributed by atoms with van der Waals surface area (Å²) in [6, 6.07) is 10.1. The molecule has 0 N–H and O–H groups in total. The summed E-state index contributed by atoms with van der Waals surface area (Å²) in [6.07, 6.45) is 7.65. The Kier molecular flexibility index (Phi) is 2.87. The number of aryl methyl sites for hydroxylation is 1. The van der Waals surface area contributed by atoms with Gasteiger partial charge in [0.1, 0.15) is 5.78 Å². The molecular weight excluding hydrogens is 184 g/mol. The molecule has 0 aliphatic heterocycles. The maximum absolute atomic E-state index is 11.7. The van der Waals surface area contributed by atoms with E-state index in [9.17, 15) is 4.79 Å². The first-order valence-electron chi connectivity index (χ1n) is 5.34. The normalized spacial score (nSPS) is 23.1. The Morgan fingerprint density at radius 2 is 2.13 bits per heavy atom. The van der Waals surface area contributed by atoms with Crippen LogP contribution < -0.4 is 0 Å². The fraction of sp³-hybridized carbons (Fsp3) is 0.357. The molecule has 0 bridgehead atoms. The lowest BCUT2D eigenvalue weighted by Crippen LogP contribution is -2.03. The summed E-state index contributed by atoms with van der Waals surface area (Å²) in [5.74, 6) is 3.38. The minimum Gasteiger partial charge on any atom is -0.299 e. The van der Waals surface area contributed by atoms with Gasteiger partial charge >= 0.3 is 0 Å². The molecule has 1 nitrogen and oxygen atoms in total. The molecule has 1 heteroatoms. The van der Waals surface area contributed by atoms with Crippen LogP contribution in [0.3, 0.4) is 0 Å². The maximum Gasteiger partial charge on any atom is 0.137 e. The average molecular weight is 198 g/mol. The van der Waals surface area contributed by atoms with Gasteiger partial charge in [-0.1, -0.05) is 30.3 Å². The summed E-state index contributed by atoms with van der Waals surface area (Å²) >= 11 is 0. The second-order valence-corrected chi connectivity index (χ2v) is 4.07. The third kappa shape index (κ3) is 2.47. The zero-order valence-electron chi connectivity index (χ0n) is 8.65. The van der Waals surface area contributed by atoms with Crippen LogP contribution >= 0.6 is 0 Å². The van der Waals surface area contributed by atoms with Gasteiger partial charge in [0.15, 0.2) is 0 Å². The molecule has 1 aromatic carbocycles. The number of hydrogen-bond donors (Lipinski definition) is 0. The van der Waals surface area contributed by atoms with Crippen LogP contribution in [0.1, 0.15) is 18.4 Å². The molecule has 2 rings (SSSR count). The van der Waals surface area contributed by atoms with Crippen molar-refractivity contribution in [1.29, 1.82) is 0 Å². The van der Waals surface area contributed by atoms with Crippen LogP contribution in [0.15, 0.2) is 30.3 Å². The molecule has 0 radical (unpaired) electrons. The molecule has 0 amide bonds. The number of ketones is 1. The van der Waals surface area contributed by atoms with Crippen LogP contribution in [-0.2, 0) is 11.2 Å². The second-order valence-electron chi connectivity index (χ2n) is 4.07. The van der Waals surface area contributed by atoms with E-state index in [0.717, 1.165) is 12.8 Å². The predicted octanol–water partition coefficient (Wildman–Crippen LogP) is 2.46. The standard InChI is InChI=1S/C14H14O/c1-2-12-10-13(12)14(15)9-8-11-6-4-3-5-7-11/h1,3-7,12-13H,8-10H2/t12-,13+/m0/s1. The van der Waals surface area contributed by atoms with Gasteiger partial charge in [-0.15, -0.1) is 12.3 Å². The van der Waals surface area contributed by atoms with E-state index in [2.05, 4.69) is 18.1 Å². The minimum atomic E-state index is 0.165. The maximum atomic E-state index is 11.7. The van der Waals surface area contributed by atoms with Gasteiger partial charge in [-0.05, 0) is 18.4 Å². The fourth-order valence-electron chi connectivity index (χ4n) is 1.83. The van der Waals surface area contributed by atoms with Gasteiger partial charge in [0.05, 0.1) is 0 Å². The largest absolute Gasteiger partial charge is 0.299 e. The zero-order chi connectivity index (χ0) is 10.7. The predicted molar refractivity (Wildman–Crippen MR) is 60.2 cm³/mol. The summed E-state index contributed by atoms with van der Waals surface area (Å²) in [5.41, 5.74) is 1.23. The number of benzene rings is 1. The van der Waals surface area contributed by atoms with Gasteiger partial charge in [0, 0.05) is 18.3 Å². The first-order valence-corrected chi connectivity index (χ1v) is 5.34. The zero-order valence-corrected chi connectivity index (χ0v) is 8.65. The third-order valence-corrected chi connectivity index (χ3v) is 2.92. The molecule has 0 saturated heterocycles. The lowest BCUT2D eigenvalue weighted by atomic mass is 10.0. The fourth-order valence-corrected chi connectivity index (χ4v) is 1.83. The topological polar surface area (TPSA) is 17.1 Å². The van der Waals surface area contributed by atoms with Crippen molar-refractivity contribution in [2.45, 2.75) is 19.3 Å². The Hall–Kier alpha value is -1.55. The second kappa shape index (κ2) is 4.31. The van der Waals surface area contributed by atoms with Gasteiger partial charge in [0.25, 0.3) is 0 Å². The van der Waals surface area contributed by atoms with Crippen molar-refractivity contribution in [2.24, 2.45) is 11.8 Å². The summed E-state index contributed by atoms with van der Waals surface area (Å²) in [6.45, 7) is 0.